The molecule has 0 amide bonds. The van der Waals surface area contributed by atoms with Crippen LogP contribution < -0.4 is 0 Å². The molecule has 0 aliphatic heterocycles. The lowest BCUT2D eigenvalue weighted by molar-refractivity contribution is 0.592. The topological polar surface area (TPSA) is 34.1 Å². The van der Waals surface area contributed by atoms with Crippen LogP contribution in [-0.2, 0) is 9.84 Å². The highest BCUT2D eigenvalue weighted by Gasteiger charge is 2.17. The summed E-state index contributed by atoms with van der Waals surface area (Å²) in [6, 6.07) is 13.2. The van der Waals surface area contributed by atoms with Crippen LogP contribution in [0.25, 0.3) is 11.1 Å². The molecule has 2 rings (SSSR count). The van der Waals surface area contributed by atoms with Crippen molar-refractivity contribution in [2.45, 2.75) is 57.3 Å². The SMILES string of the molecule is CCCCS(=O)(=O)c1cccc(-c2cc(Cl)ccc2C(CC)CC)c1. The maximum absolute atomic E-state index is 12.5. The summed E-state index contributed by atoms with van der Waals surface area (Å²) in [5.41, 5.74) is 3.19. The van der Waals surface area contributed by atoms with Crippen molar-refractivity contribution in [3.63, 3.8) is 0 Å². The highest BCUT2D eigenvalue weighted by atomic mass is 35.5. The summed E-state index contributed by atoms with van der Waals surface area (Å²) >= 11 is 6.24. The minimum atomic E-state index is -3.24. The van der Waals surface area contributed by atoms with Gasteiger partial charge in [-0.3, -0.25) is 0 Å². The monoisotopic (exact) mass is 378 g/mol. The van der Waals surface area contributed by atoms with Crippen LogP contribution in [0, 0.1) is 0 Å². The molecule has 25 heavy (non-hydrogen) atoms. The maximum atomic E-state index is 12.5. The van der Waals surface area contributed by atoms with Crippen LogP contribution in [0.15, 0.2) is 47.4 Å². The molecule has 2 aromatic rings. The maximum Gasteiger partial charge on any atom is 0.178 e. The van der Waals surface area contributed by atoms with Gasteiger partial charge < -0.3 is 0 Å². The van der Waals surface area contributed by atoms with Crippen molar-refractivity contribution in [2.24, 2.45) is 0 Å². The Bertz CT molecular complexity index is 808. The fraction of sp³-hybridized carbons (Fsp3) is 0.429. The van der Waals surface area contributed by atoms with Crippen molar-refractivity contribution < 1.29 is 8.42 Å². The molecule has 0 saturated carbocycles. The summed E-state index contributed by atoms with van der Waals surface area (Å²) in [6.45, 7) is 6.36. The average Bonchev–Trinajstić information content (AvgIpc) is 2.62. The van der Waals surface area contributed by atoms with E-state index in [0.717, 1.165) is 30.4 Å². The Hall–Kier alpha value is -1.32. The Labute approximate surface area is 157 Å². The molecule has 0 aromatic heterocycles. The first-order chi connectivity index (χ1) is 11.9. The van der Waals surface area contributed by atoms with E-state index in [2.05, 4.69) is 19.9 Å². The zero-order chi connectivity index (χ0) is 18.4. The van der Waals surface area contributed by atoms with Crippen molar-refractivity contribution in [2.75, 3.05) is 5.75 Å². The molecular weight excluding hydrogens is 352 g/mol. The predicted octanol–water partition coefficient (Wildman–Crippen LogP) is 6.48. The molecule has 0 saturated heterocycles. The van der Waals surface area contributed by atoms with E-state index in [-0.39, 0.29) is 5.75 Å². The van der Waals surface area contributed by atoms with Gasteiger partial charge in [0.2, 0.25) is 0 Å². The van der Waals surface area contributed by atoms with Gasteiger partial charge in [0.1, 0.15) is 0 Å². The number of rotatable bonds is 8. The van der Waals surface area contributed by atoms with E-state index in [1.165, 1.54) is 5.56 Å². The number of sulfone groups is 1. The van der Waals surface area contributed by atoms with Crippen LogP contribution in [0.5, 0.6) is 0 Å². The van der Waals surface area contributed by atoms with Gasteiger partial charge in [0.25, 0.3) is 0 Å². The Morgan fingerprint density at radius 1 is 1.00 bits per heavy atom. The van der Waals surface area contributed by atoms with Crippen molar-refractivity contribution in [1.29, 1.82) is 0 Å². The minimum absolute atomic E-state index is 0.196. The van der Waals surface area contributed by atoms with Gasteiger partial charge in [0, 0.05) is 5.02 Å². The molecule has 0 heterocycles. The number of halogens is 1. The summed E-state index contributed by atoms with van der Waals surface area (Å²) in [7, 11) is -3.24. The Morgan fingerprint density at radius 2 is 1.72 bits per heavy atom. The fourth-order valence-electron chi connectivity index (χ4n) is 3.17. The Kier molecular flexibility index (Phi) is 7.09. The molecule has 0 spiro atoms. The van der Waals surface area contributed by atoms with Crippen molar-refractivity contribution >= 4 is 21.4 Å². The fourth-order valence-corrected chi connectivity index (χ4v) is 4.84. The first-order valence-corrected chi connectivity index (χ1v) is 11.1. The zero-order valence-electron chi connectivity index (χ0n) is 15.3. The van der Waals surface area contributed by atoms with E-state index < -0.39 is 9.84 Å². The number of hydrogen-bond acceptors (Lipinski definition) is 2. The third kappa shape index (κ3) is 4.86. The second kappa shape index (κ2) is 8.86. The van der Waals surface area contributed by atoms with Gasteiger partial charge in [-0.05, 0) is 66.1 Å². The van der Waals surface area contributed by atoms with E-state index in [4.69, 9.17) is 11.6 Å². The van der Waals surface area contributed by atoms with Crippen molar-refractivity contribution in [1.82, 2.24) is 0 Å². The Morgan fingerprint density at radius 3 is 2.36 bits per heavy atom. The van der Waals surface area contributed by atoms with Gasteiger partial charge in [-0.2, -0.15) is 0 Å². The lowest BCUT2D eigenvalue weighted by atomic mass is 9.87. The zero-order valence-corrected chi connectivity index (χ0v) is 16.8. The molecule has 0 unspecified atom stereocenters. The largest absolute Gasteiger partial charge is 0.224 e. The van der Waals surface area contributed by atoms with Crippen molar-refractivity contribution in [3.05, 3.63) is 53.1 Å². The predicted molar refractivity (Wildman–Crippen MR) is 107 cm³/mol. The number of unbranched alkanes of at least 4 members (excludes halogenated alkanes) is 1. The molecule has 136 valence electrons. The molecule has 2 aromatic carbocycles. The second-order valence-electron chi connectivity index (χ2n) is 6.45. The lowest BCUT2D eigenvalue weighted by Crippen LogP contribution is -2.07. The molecule has 0 N–H and O–H groups in total. The molecule has 0 aliphatic rings. The van der Waals surface area contributed by atoms with Crippen LogP contribution in [0.2, 0.25) is 5.02 Å². The van der Waals surface area contributed by atoms with E-state index in [1.807, 2.05) is 31.2 Å². The Balaban J connectivity index is 2.53. The van der Waals surface area contributed by atoms with Gasteiger partial charge >= 0.3 is 0 Å². The number of hydrogen-bond donors (Lipinski definition) is 0. The minimum Gasteiger partial charge on any atom is -0.224 e. The molecule has 0 fully saturated rings. The molecule has 0 radical (unpaired) electrons. The summed E-state index contributed by atoms with van der Waals surface area (Å²) < 4.78 is 25.1. The van der Waals surface area contributed by atoms with E-state index in [0.29, 0.717) is 22.3 Å². The first-order valence-electron chi connectivity index (χ1n) is 9.05. The average molecular weight is 379 g/mol. The highest BCUT2D eigenvalue weighted by Crippen LogP contribution is 2.35. The lowest BCUT2D eigenvalue weighted by Gasteiger charge is -2.18. The normalized spacial score (nSPS) is 11.9. The third-order valence-electron chi connectivity index (χ3n) is 4.71. The molecular formula is C21H27ClO2S. The van der Waals surface area contributed by atoms with Gasteiger partial charge in [0.05, 0.1) is 10.6 Å². The number of benzene rings is 2. The third-order valence-corrected chi connectivity index (χ3v) is 6.74. The van der Waals surface area contributed by atoms with Crippen LogP contribution in [0.1, 0.15) is 57.9 Å². The van der Waals surface area contributed by atoms with Gasteiger partial charge in [0.15, 0.2) is 9.84 Å². The van der Waals surface area contributed by atoms with Gasteiger partial charge in [-0.1, -0.05) is 57.0 Å². The quantitative estimate of drug-likeness (QED) is 0.526. The molecule has 2 nitrogen and oxygen atoms in total. The van der Waals surface area contributed by atoms with E-state index >= 15 is 0 Å². The molecule has 0 aliphatic carbocycles. The van der Waals surface area contributed by atoms with Crippen LogP contribution in [0.4, 0.5) is 0 Å². The van der Waals surface area contributed by atoms with E-state index in [1.54, 1.807) is 12.1 Å². The smallest absolute Gasteiger partial charge is 0.178 e. The second-order valence-corrected chi connectivity index (χ2v) is 8.99. The highest BCUT2D eigenvalue weighted by molar-refractivity contribution is 7.91. The molecule has 4 heteroatoms. The van der Waals surface area contributed by atoms with Gasteiger partial charge in [-0.25, -0.2) is 8.42 Å². The van der Waals surface area contributed by atoms with Crippen LogP contribution in [0.3, 0.4) is 0 Å². The molecule has 0 atom stereocenters. The van der Waals surface area contributed by atoms with Crippen LogP contribution in [-0.4, -0.2) is 14.2 Å². The standard InChI is InChI=1S/C21H27ClO2S/c1-4-7-13-25(23,24)19-10-8-9-17(14-19)21-15-18(22)11-12-20(21)16(5-2)6-3/h8-12,14-16H,4-7,13H2,1-3H3. The van der Waals surface area contributed by atoms with E-state index in [9.17, 15) is 8.42 Å². The summed E-state index contributed by atoms with van der Waals surface area (Å²) in [5, 5.41) is 0.670. The summed E-state index contributed by atoms with van der Waals surface area (Å²) in [5.74, 6) is 0.634. The first kappa shape index (κ1) is 20.0. The van der Waals surface area contributed by atoms with Crippen LogP contribution >= 0.6 is 11.6 Å². The molecule has 0 bridgehead atoms. The van der Waals surface area contributed by atoms with Gasteiger partial charge in [-0.15, -0.1) is 0 Å². The van der Waals surface area contributed by atoms with Crippen molar-refractivity contribution in [3.8, 4) is 11.1 Å². The summed E-state index contributed by atoms with van der Waals surface area (Å²) in [4.78, 5) is 0.397. The summed E-state index contributed by atoms with van der Waals surface area (Å²) in [6.07, 6.45) is 3.63.